The highest BCUT2D eigenvalue weighted by atomic mass is 16.5. The van der Waals surface area contributed by atoms with Gasteiger partial charge < -0.3 is 9.84 Å². The van der Waals surface area contributed by atoms with Crippen LogP contribution >= 0.6 is 0 Å². The third-order valence-corrected chi connectivity index (χ3v) is 7.76. The molecule has 1 fully saturated rings. The van der Waals surface area contributed by atoms with Crippen molar-refractivity contribution in [1.29, 1.82) is 5.26 Å². The minimum atomic E-state index is -0.127. The summed E-state index contributed by atoms with van der Waals surface area (Å²) in [5.74, 6) is 1.39. The van der Waals surface area contributed by atoms with Crippen molar-refractivity contribution in [3.8, 4) is 22.9 Å². The summed E-state index contributed by atoms with van der Waals surface area (Å²) in [4.78, 5) is 0. The lowest BCUT2D eigenvalue weighted by Gasteiger charge is -2.36. The number of hydrogen-bond donors (Lipinski definition) is 1. The predicted octanol–water partition coefficient (Wildman–Crippen LogP) is 8.81. The fraction of sp³-hybridized carbons (Fsp3) is 0.594. The summed E-state index contributed by atoms with van der Waals surface area (Å²) < 4.78 is 6.18. The molecule has 35 heavy (non-hydrogen) atoms. The summed E-state index contributed by atoms with van der Waals surface area (Å²) in [5.41, 5.74) is 3.66. The van der Waals surface area contributed by atoms with Crippen LogP contribution in [0.15, 0.2) is 48.5 Å². The van der Waals surface area contributed by atoms with Crippen LogP contribution in [0.4, 0.5) is 0 Å². The average Bonchev–Trinajstić information content (AvgIpc) is 2.90. The van der Waals surface area contributed by atoms with Crippen LogP contribution in [0.5, 0.6) is 5.75 Å². The van der Waals surface area contributed by atoms with Crippen molar-refractivity contribution in [1.82, 2.24) is 0 Å². The van der Waals surface area contributed by atoms with E-state index in [1.54, 1.807) is 0 Å². The molecule has 3 rings (SSSR count). The number of nitriles is 1. The van der Waals surface area contributed by atoms with Crippen LogP contribution < -0.4 is 4.74 Å². The Hall–Kier alpha value is -2.31. The molecule has 0 heterocycles. The Kier molecular flexibility index (Phi) is 11.1. The number of hydrogen-bond acceptors (Lipinski definition) is 3. The third-order valence-electron chi connectivity index (χ3n) is 7.76. The fourth-order valence-corrected chi connectivity index (χ4v) is 5.69. The lowest BCUT2D eigenvalue weighted by molar-refractivity contribution is 0.163. The van der Waals surface area contributed by atoms with Gasteiger partial charge in [-0.2, -0.15) is 5.26 Å². The first-order valence-corrected chi connectivity index (χ1v) is 14.0. The smallest absolute Gasteiger partial charge is 0.119 e. The maximum atomic E-state index is 10.0. The van der Waals surface area contributed by atoms with Gasteiger partial charge in [0.25, 0.3) is 0 Å². The molecule has 3 nitrogen and oxygen atoms in total. The van der Waals surface area contributed by atoms with Crippen molar-refractivity contribution < 1.29 is 9.84 Å². The molecule has 2 aromatic carbocycles. The molecule has 1 N–H and O–H groups in total. The lowest BCUT2D eigenvalue weighted by atomic mass is 9.66. The first-order chi connectivity index (χ1) is 17.1. The molecule has 3 heteroatoms. The average molecular weight is 476 g/mol. The molecule has 1 saturated carbocycles. The number of unbranched alkanes of at least 4 members (excludes halogenated alkanes) is 3. The number of benzene rings is 2. The van der Waals surface area contributed by atoms with Gasteiger partial charge in [-0.05, 0) is 79.7 Å². The van der Waals surface area contributed by atoms with E-state index in [9.17, 15) is 5.26 Å². The van der Waals surface area contributed by atoms with Crippen LogP contribution in [0, 0.1) is 16.7 Å². The largest absolute Gasteiger partial charge is 0.490 e. The molecule has 1 aliphatic carbocycles. The summed E-state index contributed by atoms with van der Waals surface area (Å²) in [5, 5.41) is 19.2. The van der Waals surface area contributed by atoms with Crippen LogP contribution in [-0.4, -0.2) is 17.8 Å². The zero-order valence-electron chi connectivity index (χ0n) is 22.0. The molecule has 0 aliphatic heterocycles. The minimum absolute atomic E-state index is 0.127. The molecule has 0 bridgehead atoms. The molecule has 0 radical (unpaired) electrons. The van der Waals surface area contributed by atoms with E-state index in [2.05, 4.69) is 68.4 Å². The maximum Gasteiger partial charge on any atom is 0.119 e. The SMILES string of the molecule is CCCCCCC1(C#N)CCCC(c2ccc(-c3ccc(OC(CCC)CCCO)cc3)cc2)C1. The van der Waals surface area contributed by atoms with Gasteiger partial charge in [-0.15, -0.1) is 0 Å². The summed E-state index contributed by atoms with van der Waals surface area (Å²) in [6.07, 6.45) is 14.4. The Morgan fingerprint density at radius 2 is 1.66 bits per heavy atom. The molecule has 2 aromatic rings. The minimum Gasteiger partial charge on any atom is -0.490 e. The monoisotopic (exact) mass is 475 g/mol. The van der Waals surface area contributed by atoms with Gasteiger partial charge in [-0.1, -0.05) is 88.8 Å². The second kappa shape index (κ2) is 14.3. The maximum absolute atomic E-state index is 10.0. The first kappa shape index (κ1) is 27.3. The highest BCUT2D eigenvalue weighted by Gasteiger charge is 2.36. The Labute approximate surface area is 213 Å². The predicted molar refractivity (Wildman–Crippen MR) is 146 cm³/mol. The summed E-state index contributed by atoms with van der Waals surface area (Å²) in [6, 6.07) is 20.2. The zero-order valence-corrected chi connectivity index (χ0v) is 22.0. The van der Waals surface area contributed by atoms with Crippen LogP contribution in [0.1, 0.15) is 109 Å². The summed E-state index contributed by atoms with van der Waals surface area (Å²) >= 11 is 0. The van der Waals surface area contributed by atoms with Gasteiger partial charge in [-0.25, -0.2) is 0 Å². The number of aliphatic hydroxyl groups excluding tert-OH is 1. The van der Waals surface area contributed by atoms with E-state index < -0.39 is 0 Å². The number of rotatable bonds is 14. The van der Waals surface area contributed by atoms with E-state index in [1.165, 1.54) is 48.8 Å². The second-order valence-electron chi connectivity index (χ2n) is 10.5. The number of aliphatic hydroxyl groups is 1. The zero-order chi connectivity index (χ0) is 24.9. The van der Waals surface area contributed by atoms with Crippen molar-refractivity contribution in [2.24, 2.45) is 5.41 Å². The van der Waals surface area contributed by atoms with E-state index >= 15 is 0 Å². The van der Waals surface area contributed by atoms with Crippen molar-refractivity contribution in [2.75, 3.05) is 6.61 Å². The highest BCUT2D eigenvalue weighted by Crippen LogP contribution is 2.46. The first-order valence-electron chi connectivity index (χ1n) is 14.0. The molecule has 3 atom stereocenters. The van der Waals surface area contributed by atoms with Gasteiger partial charge >= 0.3 is 0 Å². The number of ether oxygens (including phenoxy) is 1. The van der Waals surface area contributed by atoms with Crippen LogP contribution in [0.3, 0.4) is 0 Å². The van der Waals surface area contributed by atoms with E-state index in [0.29, 0.717) is 5.92 Å². The molecule has 1 aliphatic rings. The lowest BCUT2D eigenvalue weighted by Crippen LogP contribution is -2.26. The molecule has 0 saturated heterocycles. The van der Waals surface area contributed by atoms with E-state index in [-0.39, 0.29) is 18.1 Å². The van der Waals surface area contributed by atoms with E-state index in [1.807, 2.05) is 0 Å². The molecule has 0 aromatic heterocycles. The van der Waals surface area contributed by atoms with Gasteiger partial charge in [0.15, 0.2) is 0 Å². The Morgan fingerprint density at radius 3 is 2.29 bits per heavy atom. The van der Waals surface area contributed by atoms with Crippen LogP contribution in [0.2, 0.25) is 0 Å². The van der Waals surface area contributed by atoms with Crippen molar-refractivity contribution in [3.63, 3.8) is 0 Å². The topological polar surface area (TPSA) is 53.2 Å². The normalized spacial score (nSPS) is 20.8. The second-order valence-corrected chi connectivity index (χ2v) is 10.5. The molecule has 0 amide bonds. The molecular weight excluding hydrogens is 430 g/mol. The van der Waals surface area contributed by atoms with E-state index in [4.69, 9.17) is 9.84 Å². The quantitative estimate of drug-likeness (QED) is 0.278. The van der Waals surface area contributed by atoms with Gasteiger partial charge in [0.1, 0.15) is 5.75 Å². The third kappa shape index (κ3) is 8.11. The summed E-state index contributed by atoms with van der Waals surface area (Å²) in [7, 11) is 0. The Balaban J connectivity index is 1.61. The molecular formula is C32H45NO2. The van der Waals surface area contributed by atoms with Gasteiger partial charge in [-0.3, -0.25) is 0 Å². The van der Waals surface area contributed by atoms with Gasteiger partial charge in [0.05, 0.1) is 17.6 Å². The Bertz CT molecular complexity index is 899. The number of nitrogens with zero attached hydrogens (tertiary/aromatic N) is 1. The Morgan fingerprint density at radius 1 is 0.943 bits per heavy atom. The highest BCUT2D eigenvalue weighted by molar-refractivity contribution is 5.64. The molecule has 190 valence electrons. The molecule has 0 spiro atoms. The van der Waals surface area contributed by atoms with Crippen molar-refractivity contribution in [2.45, 2.75) is 109 Å². The van der Waals surface area contributed by atoms with Crippen LogP contribution in [-0.2, 0) is 0 Å². The molecule has 3 unspecified atom stereocenters. The van der Waals surface area contributed by atoms with Gasteiger partial charge in [0.2, 0.25) is 0 Å². The van der Waals surface area contributed by atoms with Crippen molar-refractivity contribution >= 4 is 0 Å². The fourth-order valence-electron chi connectivity index (χ4n) is 5.69. The summed E-state index contributed by atoms with van der Waals surface area (Å²) in [6.45, 7) is 4.63. The van der Waals surface area contributed by atoms with Gasteiger partial charge in [0, 0.05) is 6.61 Å². The van der Waals surface area contributed by atoms with E-state index in [0.717, 1.165) is 57.1 Å². The van der Waals surface area contributed by atoms with Crippen molar-refractivity contribution in [3.05, 3.63) is 54.1 Å². The standard InChI is InChI=1S/C32H45NO2/c1-3-5-6-7-21-32(25-33)22-8-11-29(24-32)28-15-13-26(14-16-28)27-17-19-31(20-18-27)35-30(10-4-2)12-9-23-34/h13-20,29-30,34H,3-12,21-24H2,1-2H3. The van der Waals surface area contributed by atoms with Crippen LogP contribution in [0.25, 0.3) is 11.1 Å².